The fraction of sp³-hybridized carbons (Fsp3) is 0.160. The zero-order chi connectivity index (χ0) is 23.5. The standard InChI is InChI=1S/C25H21ClN6O2/c26-19-5-7-20(8-6-19)31-15-18(13-24(31)34)25-29-21-3-1-2-4-22(21)32(25)16-23(33)30-28-14-17-9-11-27-12-10-17/h1-12,14,18H,13,15-16H2,(H,30,33). The van der Waals surface area contributed by atoms with Crippen LogP contribution in [0, 0.1) is 0 Å². The summed E-state index contributed by atoms with van der Waals surface area (Å²) in [5.74, 6) is 0.286. The maximum absolute atomic E-state index is 12.8. The average molecular weight is 473 g/mol. The molecule has 1 fully saturated rings. The highest BCUT2D eigenvalue weighted by Gasteiger charge is 2.35. The first kappa shape index (κ1) is 21.8. The number of anilines is 1. The van der Waals surface area contributed by atoms with Crippen LogP contribution in [0.4, 0.5) is 5.69 Å². The van der Waals surface area contributed by atoms with E-state index >= 15 is 0 Å². The van der Waals surface area contributed by atoms with Crippen LogP contribution < -0.4 is 10.3 Å². The average Bonchev–Trinajstić information content (AvgIpc) is 3.41. The van der Waals surface area contributed by atoms with Gasteiger partial charge in [-0.25, -0.2) is 10.4 Å². The van der Waals surface area contributed by atoms with E-state index < -0.39 is 0 Å². The number of para-hydroxylation sites is 2. The maximum atomic E-state index is 12.8. The highest BCUT2D eigenvalue weighted by molar-refractivity contribution is 6.30. The number of hydrogen-bond donors (Lipinski definition) is 1. The van der Waals surface area contributed by atoms with Gasteiger partial charge in [0.1, 0.15) is 12.4 Å². The minimum Gasteiger partial charge on any atom is -0.318 e. The fourth-order valence-corrected chi connectivity index (χ4v) is 4.26. The minimum absolute atomic E-state index is 0.0114. The van der Waals surface area contributed by atoms with Crippen molar-refractivity contribution in [1.82, 2.24) is 20.0 Å². The zero-order valence-corrected chi connectivity index (χ0v) is 18.9. The molecule has 1 unspecified atom stereocenters. The molecular weight excluding hydrogens is 452 g/mol. The molecule has 0 bridgehead atoms. The summed E-state index contributed by atoms with van der Waals surface area (Å²) >= 11 is 6.00. The number of amides is 2. The molecule has 34 heavy (non-hydrogen) atoms. The largest absolute Gasteiger partial charge is 0.318 e. The second-order valence-electron chi connectivity index (χ2n) is 8.00. The molecule has 9 heteroatoms. The third kappa shape index (κ3) is 4.53. The molecular formula is C25H21ClN6O2. The molecule has 2 aromatic heterocycles. The number of nitrogens with one attached hydrogen (secondary N) is 1. The molecule has 5 rings (SSSR count). The van der Waals surface area contributed by atoms with Crippen molar-refractivity contribution in [3.8, 4) is 0 Å². The van der Waals surface area contributed by atoms with E-state index in [1.54, 1.807) is 47.8 Å². The molecule has 2 amide bonds. The minimum atomic E-state index is -0.284. The number of imidazole rings is 1. The van der Waals surface area contributed by atoms with Gasteiger partial charge in [-0.1, -0.05) is 23.7 Å². The van der Waals surface area contributed by atoms with Crippen molar-refractivity contribution in [3.63, 3.8) is 0 Å². The van der Waals surface area contributed by atoms with Gasteiger partial charge in [0.2, 0.25) is 5.91 Å². The van der Waals surface area contributed by atoms with Crippen molar-refractivity contribution in [2.75, 3.05) is 11.4 Å². The van der Waals surface area contributed by atoms with Gasteiger partial charge in [-0.05, 0) is 54.1 Å². The third-order valence-electron chi connectivity index (χ3n) is 5.72. The third-order valence-corrected chi connectivity index (χ3v) is 5.98. The normalized spacial score (nSPS) is 16.0. The van der Waals surface area contributed by atoms with E-state index in [9.17, 15) is 9.59 Å². The van der Waals surface area contributed by atoms with Crippen LogP contribution in [0.2, 0.25) is 5.02 Å². The lowest BCUT2D eigenvalue weighted by atomic mass is 10.1. The fourth-order valence-electron chi connectivity index (χ4n) is 4.13. The Labute approximate surface area is 200 Å². The monoisotopic (exact) mass is 472 g/mol. The highest BCUT2D eigenvalue weighted by Crippen LogP contribution is 2.33. The molecule has 170 valence electrons. The zero-order valence-electron chi connectivity index (χ0n) is 18.1. The number of benzene rings is 2. The van der Waals surface area contributed by atoms with Gasteiger partial charge in [0, 0.05) is 42.0 Å². The Bertz CT molecular complexity index is 1370. The van der Waals surface area contributed by atoms with Gasteiger partial charge in [0.15, 0.2) is 0 Å². The number of fused-ring (bicyclic) bond motifs is 1. The number of carbonyl (C=O) groups excluding carboxylic acids is 2. The predicted octanol–water partition coefficient (Wildman–Crippen LogP) is 3.76. The van der Waals surface area contributed by atoms with E-state index in [4.69, 9.17) is 16.6 Å². The Morgan fingerprint density at radius 1 is 1.12 bits per heavy atom. The summed E-state index contributed by atoms with van der Waals surface area (Å²) in [6, 6.07) is 18.4. The SMILES string of the molecule is O=C(Cn1c(C2CC(=O)N(c3ccc(Cl)cc3)C2)nc2ccccc21)NN=Cc1ccncc1. The molecule has 1 aliphatic rings. The van der Waals surface area contributed by atoms with E-state index in [1.165, 1.54) is 0 Å². The number of pyridine rings is 1. The van der Waals surface area contributed by atoms with Gasteiger partial charge in [0.05, 0.1) is 17.2 Å². The molecule has 0 saturated carbocycles. The van der Waals surface area contributed by atoms with Crippen LogP contribution in [0.25, 0.3) is 11.0 Å². The second kappa shape index (κ2) is 9.44. The van der Waals surface area contributed by atoms with Crippen LogP contribution in [0.1, 0.15) is 23.7 Å². The molecule has 3 heterocycles. The van der Waals surface area contributed by atoms with Crippen LogP contribution in [-0.2, 0) is 16.1 Å². The molecule has 0 spiro atoms. The lowest BCUT2D eigenvalue weighted by Crippen LogP contribution is -2.26. The highest BCUT2D eigenvalue weighted by atomic mass is 35.5. The number of rotatable bonds is 6. The first-order chi connectivity index (χ1) is 16.6. The van der Waals surface area contributed by atoms with Crippen molar-refractivity contribution >= 4 is 46.4 Å². The maximum Gasteiger partial charge on any atom is 0.260 e. The molecule has 8 nitrogen and oxygen atoms in total. The second-order valence-corrected chi connectivity index (χ2v) is 8.44. The van der Waals surface area contributed by atoms with Crippen molar-refractivity contribution in [3.05, 3.63) is 89.5 Å². The molecule has 1 atom stereocenters. The Hall–Kier alpha value is -4.04. The number of nitrogens with zero attached hydrogens (tertiary/aromatic N) is 5. The smallest absolute Gasteiger partial charge is 0.260 e. The van der Waals surface area contributed by atoms with Gasteiger partial charge in [-0.3, -0.25) is 14.6 Å². The van der Waals surface area contributed by atoms with Crippen LogP contribution >= 0.6 is 11.6 Å². The lowest BCUT2D eigenvalue weighted by molar-refractivity contribution is -0.121. The molecule has 1 N–H and O–H groups in total. The Morgan fingerprint density at radius 3 is 2.68 bits per heavy atom. The molecule has 1 saturated heterocycles. The van der Waals surface area contributed by atoms with Gasteiger partial charge in [-0.2, -0.15) is 5.10 Å². The van der Waals surface area contributed by atoms with Crippen LogP contribution in [0.15, 0.2) is 78.2 Å². The summed E-state index contributed by atoms with van der Waals surface area (Å²) in [4.78, 5) is 36.0. The van der Waals surface area contributed by atoms with Crippen molar-refractivity contribution in [2.24, 2.45) is 5.10 Å². The van der Waals surface area contributed by atoms with E-state index in [1.807, 2.05) is 41.0 Å². The van der Waals surface area contributed by atoms with E-state index in [0.29, 0.717) is 23.8 Å². The number of hydrazone groups is 1. The predicted molar refractivity (Wildman–Crippen MR) is 131 cm³/mol. The van der Waals surface area contributed by atoms with E-state index in [-0.39, 0.29) is 24.3 Å². The van der Waals surface area contributed by atoms with Gasteiger partial charge in [-0.15, -0.1) is 0 Å². The number of carbonyl (C=O) groups is 2. The van der Waals surface area contributed by atoms with Crippen molar-refractivity contribution < 1.29 is 9.59 Å². The van der Waals surface area contributed by atoms with E-state index in [0.717, 1.165) is 22.3 Å². The molecule has 0 radical (unpaired) electrons. The Morgan fingerprint density at radius 2 is 1.88 bits per heavy atom. The van der Waals surface area contributed by atoms with Crippen LogP contribution in [0.5, 0.6) is 0 Å². The summed E-state index contributed by atoms with van der Waals surface area (Å²) in [7, 11) is 0. The molecule has 2 aromatic carbocycles. The van der Waals surface area contributed by atoms with E-state index in [2.05, 4.69) is 15.5 Å². The number of hydrogen-bond acceptors (Lipinski definition) is 5. The Kier molecular flexibility index (Phi) is 6.05. The topological polar surface area (TPSA) is 92.5 Å². The summed E-state index contributed by atoms with van der Waals surface area (Å²) in [6.45, 7) is 0.515. The molecule has 0 aliphatic carbocycles. The summed E-state index contributed by atoms with van der Waals surface area (Å²) in [5.41, 5.74) is 5.81. The van der Waals surface area contributed by atoms with Crippen molar-refractivity contribution in [1.29, 1.82) is 0 Å². The molecule has 4 aromatic rings. The Balaban J connectivity index is 1.38. The van der Waals surface area contributed by atoms with Gasteiger partial charge >= 0.3 is 0 Å². The van der Waals surface area contributed by atoms with Crippen molar-refractivity contribution in [2.45, 2.75) is 18.9 Å². The first-order valence-corrected chi connectivity index (χ1v) is 11.2. The first-order valence-electron chi connectivity index (χ1n) is 10.8. The van der Waals surface area contributed by atoms with Gasteiger partial charge < -0.3 is 9.47 Å². The number of aromatic nitrogens is 3. The van der Waals surface area contributed by atoms with Gasteiger partial charge in [0.25, 0.3) is 5.91 Å². The molecule has 1 aliphatic heterocycles. The summed E-state index contributed by atoms with van der Waals surface area (Å²) in [6.07, 6.45) is 5.19. The quantitative estimate of drug-likeness (QED) is 0.341. The number of halogens is 1. The van der Waals surface area contributed by atoms with Crippen LogP contribution in [0.3, 0.4) is 0 Å². The summed E-state index contributed by atoms with van der Waals surface area (Å²) in [5, 5.41) is 4.66. The lowest BCUT2D eigenvalue weighted by Gasteiger charge is -2.17. The van der Waals surface area contributed by atoms with Crippen LogP contribution in [-0.4, -0.2) is 39.1 Å². The summed E-state index contributed by atoms with van der Waals surface area (Å²) < 4.78 is 1.87.